The molecule has 0 saturated heterocycles. The Bertz CT molecular complexity index is 825. The first-order chi connectivity index (χ1) is 9.09. The molecule has 4 heteroatoms. The van der Waals surface area contributed by atoms with Crippen LogP contribution >= 0.6 is 23.2 Å². The Labute approximate surface area is 119 Å². The highest BCUT2D eigenvalue weighted by Gasteiger charge is 2.17. The van der Waals surface area contributed by atoms with Crippen molar-refractivity contribution in [3.63, 3.8) is 0 Å². The van der Waals surface area contributed by atoms with Gasteiger partial charge in [0.25, 0.3) is 0 Å². The standard InChI is InChI=1S/C15H8Cl2O2/c16-11-5-2-4-9-10(11)7-8-3-1-6-12(17)13(8)14(9)15(18)19/h1-7H,(H,18,19). The van der Waals surface area contributed by atoms with E-state index in [2.05, 4.69) is 0 Å². The SMILES string of the molecule is O=C(O)c1c2cccc(Cl)c2cc2cccc(Cl)c12. The lowest BCUT2D eigenvalue weighted by Gasteiger charge is -2.10. The number of rotatable bonds is 1. The smallest absolute Gasteiger partial charge is 0.337 e. The van der Waals surface area contributed by atoms with E-state index in [9.17, 15) is 9.90 Å². The Hall–Kier alpha value is -1.77. The second-order valence-corrected chi connectivity index (χ2v) is 5.04. The maximum atomic E-state index is 11.6. The molecule has 19 heavy (non-hydrogen) atoms. The van der Waals surface area contributed by atoms with Gasteiger partial charge < -0.3 is 5.11 Å². The van der Waals surface area contributed by atoms with Crippen LogP contribution in [0.2, 0.25) is 10.0 Å². The summed E-state index contributed by atoms with van der Waals surface area (Å²) in [6.07, 6.45) is 0. The zero-order valence-corrected chi connectivity index (χ0v) is 11.2. The van der Waals surface area contributed by atoms with E-state index in [1.807, 2.05) is 12.1 Å². The zero-order chi connectivity index (χ0) is 13.6. The van der Waals surface area contributed by atoms with E-state index in [-0.39, 0.29) is 5.56 Å². The Morgan fingerprint density at radius 2 is 1.63 bits per heavy atom. The van der Waals surface area contributed by atoms with Crippen molar-refractivity contribution in [3.05, 3.63) is 58.1 Å². The molecule has 3 aromatic carbocycles. The number of carbonyl (C=O) groups is 1. The fourth-order valence-electron chi connectivity index (χ4n) is 2.34. The normalized spacial score (nSPS) is 11.1. The van der Waals surface area contributed by atoms with Gasteiger partial charge in [0.15, 0.2) is 0 Å². The summed E-state index contributed by atoms with van der Waals surface area (Å²) in [5.41, 5.74) is 0.195. The first-order valence-corrected chi connectivity index (χ1v) is 6.38. The van der Waals surface area contributed by atoms with Gasteiger partial charge in [-0.05, 0) is 29.0 Å². The molecular weight excluding hydrogens is 283 g/mol. The number of halogens is 2. The number of carboxylic acid groups (broad SMARTS) is 1. The van der Waals surface area contributed by atoms with E-state index >= 15 is 0 Å². The van der Waals surface area contributed by atoms with Gasteiger partial charge >= 0.3 is 5.97 Å². The van der Waals surface area contributed by atoms with E-state index in [4.69, 9.17) is 23.2 Å². The lowest BCUT2D eigenvalue weighted by atomic mass is 9.97. The molecule has 0 radical (unpaired) electrons. The van der Waals surface area contributed by atoms with Crippen molar-refractivity contribution in [1.82, 2.24) is 0 Å². The van der Waals surface area contributed by atoms with Crippen LogP contribution in [0.15, 0.2) is 42.5 Å². The highest BCUT2D eigenvalue weighted by atomic mass is 35.5. The van der Waals surface area contributed by atoms with Crippen molar-refractivity contribution >= 4 is 50.7 Å². The van der Waals surface area contributed by atoms with E-state index in [0.717, 1.165) is 10.8 Å². The lowest BCUT2D eigenvalue weighted by Crippen LogP contribution is -2.00. The van der Waals surface area contributed by atoms with Crippen LogP contribution in [0.25, 0.3) is 21.5 Å². The molecular formula is C15H8Cl2O2. The van der Waals surface area contributed by atoms with Crippen molar-refractivity contribution in [2.75, 3.05) is 0 Å². The van der Waals surface area contributed by atoms with Crippen molar-refractivity contribution in [1.29, 1.82) is 0 Å². The van der Waals surface area contributed by atoms with Gasteiger partial charge in [0.2, 0.25) is 0 Å². The first-order valence-electron chi connectivity index (χ1n) is 5.62. The molecule has 0 fully saturated rings. The summed E-state index contributed by atoms with van der Waals surface area (Å²) in [4.78, 5) is 11.6. The van der Waals surface area contributed by atoms with Crippen molar-refractivity contribution in [2.24, 2.45) is 0 Å². The molecule has 3 rings (SSSR count). The molecule has 0 unspecified atom stereocenters. The van der Waals surface area contributed by atoms with Crippen LogP contribution < -0.4 is 0 Å². The van der Waals surface area contributed by atoms with Crippen LogP contribution in [-0.4, -0.2) is 11.1 Å². The maximum Gasteiger partial charge on any atom is 0.337 e. The van der Waals surface area contributed by atoms with E-state index < -0.39 is 5.97 Å². The molecule has 0 atom stereocenters. The van der Waals surface area contributed by atoms with Gasteiger partial charge in [-0.1, -0.05) is 47.5 Å². The van der Waals surface area contributed by atoms with Crippen molar-refractivity contribution in [3.8, 4) is 0 Å². The maximum absolute atomic E-state index is 11.6. The molecule has 0 aliphatic rings. The quantitative estimate of drug-likeness (QED) is 0.641. The number of carboxylic acids is 1. The van der Waals surface area contributed by atoms with Crippen LogP contribution in [0.1, 0.15) is 10.4 Å². The molecule has 0 heterocycles. The second kappa shape index (κ2) is 4.41. The number of benzene rings is 3. The third-order valence-electron chi connectivity index (χ3n) is 3.13. The molecule has 0 aliphatic heterocycles. The Kier molecular flexibility index (Phi) is 2.85. The molecule has 0 bridgehead atoms. The molecule has 0 aromatic heterocycles. The number of fused-ring (bicyclic) bond motifs is 2. The van der Waals surface area contributed by atoms with Crippen molar-refractivity contribution < 1.29 is 9.90 Å². The van der Waals surface area contributed by atoms with Gasteiger partial charge in [-0.2, -0.15) is 0 Å². The fraction of sp³-hybridized carbons (Fsp3) is 0. The third-order valence-corrected chi connectivity index (χ3v) is 3.78. The number of hydrogen-bond acceptors (Lipinski definition) is 1. The molecule has 0 amide bonds. The van der Waals surface area contributed by atoms with E-state index in [1.165, 1.54) is 0 Å². The third kappa shape index (κ3) is 1.84. The van der Waals surface area contributed by atoms with Gasteiger partial charge in [0, 0.05) is 20.8 Å². The lowest BCUT2D eigenvalue weighted by molar-refractivity contribution is 0.0701. The summed E-state index contributed by atoms with van der Waals surface area (Å²) in [5, 5.41) is 13.1. The first kappa shape index (κ1) is 12.3. The molecule has 0 saturated carbocycles. The minimum atomic E-state index is -1.01. The van der Waals surface area contributed by atoms with Gasteiger partial charge in [-0.25, -0.2) is 4.79 Å². The second-order valence-electron chi connectivity index (χ2n) is 4.23. The molecule has 94 valence electrons. The summed E-state index contributed by atoms with van der Waals surface area (Å²) in [7, 11) is 0. The largest absolute Gasteiger partial charge is 0.478 e. The van der Waals surface area contributed by atoms with Crippen LogP contribution in [0.5, 0.6) is 0 Å². The summed E-state index contributed by atoms with van der Waals surface area (Å²) in [5.74, 6) is -1.01. The Morgan fingerprint density at radius 1 is 0.947 bits per heavy atom. The highest BCUT2D eigenvalue weighted by Crippen LogP contribution is 2.35. The molecule has 3 aromatic rings. The number of hydrogen-bond donors (Lipinski definition) is 1. The summed E-state index contributed by atoms with van der Waals surface area (Å²) in [6.45, 7) is 0. The predicted octanol–water partition coefficient (Wildman–Crippen LogP) is 5.00. The van der Waals surface area contributed by atoms with Gasteiger partial charge in [-0.15, -0.1) is 0 Å². The van der Waals surface area contributed by atoms with E-state index in [0.29, 0.717) is 20.8 Å². The van der Waals surface area contributed by atoms with Crippen LogP contribution in [0.3, 0.4) is 0 Å². The predicted molar refractivity (Wildman–Crippen MR) is 78.4 cm³/mol. The Balaban J connectivity index is 2.66. The number of aromatic carboxylic acids is 1. The fourth-order valence-corrected chi connectivity index (χ4v) is 2.84. The Morgan fingerprint density at radius 3 is 2.37 bits per heavy atom. The minimum absolute atomic E-state index is 0.195. The minimum Gasteiger partial charge on any atom is -0.478 e. The van der Waals surface area contributed by atoms with Gasteiger partial charge in [0.05, 0.1) is 5.56 Å². The van der Waals surface area contributed by atoms with Crippen LogP contribution in [-0.2, 0) is 0 Å². The molecule has 0 spiro atoms. The van der Waals surface area contributed by atoms with Crippen molar-refractivity contribution in [2.45, 2.75) is 0 Å². The highest BCUT2D eigenvalue weighted by molar-refractivity contribution is 6.40. The average molecular weight is 291 g/mol. The summed E-state index contributed by atoms with van der Waals surface area (Å²) in [6, 6.07) is 12.4. The zero-order valence-electron chi connectivity index (χ0n) is 9.65. The molecule has 2 nitrogen and oxygen atoms in total. The topological polar surface area (TPSA) is 37.3 Å². The van der Waals surface area contributed by atoms with Gasteiger partial charge in [0.1, 0.15) is 0 Å². The van der Waals surface area contributed by atoms with Crippen LogP contribution in [0.4, 0.5) is 0 Å². The average Bonchev–Trinajstić information content (AvgIpc) is 2.37. The molecule has 1 N–H and O–H groups in total. The van der Waals surface area contributed by atoms with E-state index in [1.54, 1.807) is 30.3 Å². The molecule has 0 aliphatic carbocycles. The van der Waals surface area contributed by atoms with Crippen LogP contribution in [0, 0.1) is 0 Å². The summed E-state index contributed by atoms with van der Waals surface area (Å²) >= 11 is 12.3. The summed E-state index contributed by atoms with van der Waals surface area (Å²) < 4.78 is 0. The van der Waals surface area contributed by atoms with Gasteiger partial charge in [-0.3, -0.25) is 0 Å². The monoisotopic (exact) mass is 290 g/mol.